The van der Waals surface area contributed by atoms with Gasteiger partial charge in [0.2, 0.25) is 0 Å². The second-order valence-electron chi connectivity index (χ2n) is 7.18. The summed E-state index contributed by atoms with van der Waals surface area (Å²) in [4.78, 5) is 4.44. The van der Waals surface area contributed by atoms with Crippen LogP contribution in [0.25, 0.3) is 0 Å². The van der Waals surface area contributed by atoms with Gasteiger partial charge in [0.1, 0.15) is 0 Å². The van der Waals surface area contributed by atoms with Gasteiger partial charge in [-0.1, -0.05) is 12.8 Å². The van der Waals surface area contributed by atoms with Gasteiger partial charge in [0.25, 0.3) is 0 Å². The first-order valence-corrected chi connectivity index (χ1v) is 7.95. The molecule has 0 spiro atoms. The quantitative estimate of drug-likeness (QED) is 0.869. The highest BCUT2D eigenvalue weighted by molar-refractivity contribution is 6.61. The molecule has 114 valence electrons. The molecule has 5 heteroatoms. The van der Waals surface area contributed by atoms with E-state index in [4.69, 9.17) is 9.31 Å². The Kier molecular flexibility index (Phi) is 3.74. The molecule has 0 unspecified atom stereocenters. The molecule has 0 radical (unpaired) electrons. The third kappa shape index (κ3) is 2.95. The molecule has 1 saturated heterocycles. The van der Waals surface area contributed by atoms with Gasteiger partial charge in [0.05, 0.1) is 16.8 Å². The highest BCUT2D eigenvalue weighted by atomic mass is 16.7. The van der Waals surface area contributed by atoms with E-state index in [1.807, 2.05) is 12.3 Å². The van der Waals surface area contributed by atoms with Gasteiger partial charge in [-0.3, -0.25) is 4.98 Å². The van der Waals surface area contributed by atoms with Gasteiger partial charge in [0.15, 0.2) is 0 Å². The average molecular weight is 288 g/mol. The van der Waals surface area contributed by atoms with Crippen LogP contribution in [-0.2, 0) is 9.31 Å². The summed E-state index contributed by atoms with van der Waals surface area (Å²) in [5.74, 6) is 0. The summed E-state index contributed by atoms with van der Waals surface area (Å²) in [5, 5.41) is 3.60. The first kappa shape index (κ1) is 14.9. The van der Waals surface area contributed by atoms with Gasteiger partial charge < -0.3 is 14.6 Å². The summed E-state index contributed by atoms with van der Waals surface area (Å²) in [6, 6.07) is 4.67. The summed E-state index contributed by atoms with van der Waals surface area (Å²) in [6.45, 7) is 8.25. The van der Waals surface area contributed by atoms with Crippen LogP contribution < -0.4 is 10.9 Å². The van der Waals surface area contributed by atoms with Crippen LogP contribution in [0.5, 0.6) is 0 Å². The van der Waals surface area contributed by atoms with E-state index >= 15 is 0 Å². The summed E-state index contributed by atoms with van der Waals surface area (Å²) in [6.07, 6.45) is 7.00. The van der Waals surface area contributed by atoms with Crippen LogP contribution in [0.2, 0.25) is 0 Å². The van der Waals surface area contributed by atoms with E-state index in [0.29, 0.717) is 6.04 Å². The molecule has 1 aromatic rings. The van der Waals surface area contributed by atoms with E-state index in [1.165, 1.54) is 25.7 Å². The molecule has 0 aromatic carbocycles. The minimum atomic E-state index is -0.389. The largest absolute Gasteiger partial charge is 0.514 e. The van der Waals surface area contributed by atoms with Crippen LogP contribution in [0, 0.1) is 0 Å². The summed E-state index contributed by atoms with van der Waals surface area (Å²) in [5.41, 5.74) is 1.31. The van der Waals surface area contributed by atoms with Crippen LogP contribution in [0.4, 0.5) is 5.69 Å². The normalized spacial score (nSPS) is 24.5. The fraction of sp³-hybridized carbons (Fsp3) is 0.688. The topological polar surface area (TPSA) is 43.4 Å². The molecule has 0 atom stereocenters. The molecule has 2 heterocycles. The van der Waals surface area contributed by atoms with Crippen LogP contribution in [0.15, 0.2) is 18.3 Å². The monoisotopic (exact) mass is 288 g/mol. The van der Waals surface area contributed by atoms with Gasteiger partial charge >= 0.3 is 7.12 Å². The second-order valence-corrected chi connectivity index (χ2v) is 7.18. The summed E-state index contributed by atoms with van der Waals surface area (Å²) in [7, 11) is -0.389. The van der Waals surface area contributed by atoms with Gasteiger partial charge in [-0.25, -0.2) is 0 Å². The SMILES string of the molecule is CC1(C)OB(c2cc(NC3CCCC3)ccn2)OC1(C)C. The van der Waals surface area contributed by atoms with Crippen molar-refractivity contribution in [1.82, 2.24) is 4.98 Å². The van der Waals surface area contributed by atoms with Gasteiger partial charge in [-0.15, -0.1) is 0 Å². The molecule has 1 aliphatic heterocycles. The first-order valence-electron chi connectivity index (χ1n) is 7.95. The van der Waals surface area contributed by atoms with Crippen molar-refractivity contribution in [2.75, 3.05) is 5.32 Å². The number of anilines is 1. The van der Waals surface area contributed by atoms with E-state index in [2.05, 4.69) is 44.1 Å². The third-order valence-corrected chi connectivity index (χ3v) is 5.00. The van der Waals surface area contributed by atoms with Crippen molar-refractivity contribution in [3.05, 3.63) is 18.3 Å². The molecule has 1 aromatic heterocycles. The average Bonchev–Trinajstić information content (AvgIpc) is 2.97. The lowest BCUT2D eigenvalue weighted by atomic mass is 9.84. The standard InChI is InChI=1S/C16H25BN2O2/c1-15(2)16(3,4)21-17(20-15)14-11-13(9-10-18-14)19-12-7-5-6-8-12/h9-12H,5-8H2,1-4H3,(H,18,19). The fourth-order valence-electron chi connectivity index (χ4n) is 2.94. The zero-order valence-electron chi connectivity index (χ0n) is 13.5. The van der Waals surface area contributed by atoms with E-state index in [9.17, 15) is 0 Å². The Morgan fingerprint density at radius 3 is 2.38 bits per heavy atom. The number of nitrogens with zero attached hydrogens (tertiary/aromatic N) is 1. The molecule has 2 fully saturated rings. The molecule has 1 aliphatic carbocycles. The maximum Gasteiger partial charge on any atom is 0.514 e. The van der Waals surface area contributed by atoms with Crippen molar-refractivity contribution in [2.24, 2.45) is 0 Å². The van der Waals surface area contributed by atoms with Gasteiger partial charge in [-0.05, 0) is 52.7 Å². The van der Waals surface area contributed by atoms with Crippen molar-refractivity contribution in [3.8, 4) is 0 Å². The van der Waals surface area contributed by atoms with Crippen molar-refractivity contribution in [3.63, 3.8) is 0 Å². The summed E-state index contributed by atoms with van der Waals surface area (Å²) >= 11 is 0. The van der Waals surface area contributed by atoms with Crippen molar-refractivity contribution < 1.29 is 9.31 Å². The number of hydrogen-bond acceptors (Lipinski definition) is 4. The molecule has 21 heavy (non-hydrogen) atoms. The lowest BCUT2D eigenvalue weighted by molar-refractivity contribution is 0.00578. The Labute approximate surface area is 127 Å². The van der Waals surface area contributed by atoms with Crippen LogP contribution in [0.1, 0.15) is 53.4 Å². The van der Waals surface area contributed by atoms with E-state index in [1.54, 1.807) is 0 Å². The minimum Gasteiger partial charge on any atom is -0.398 e. The van der Waals surface area contributed by atoms with Crippen LogP contribution in [-0.4, -0.2) is 29.3 Å². The van der Waals surface area contributed by atoms with E-state index in [-0.39, 0.29) is 18.3 Å². The molecule has 1 N–H and O–H groups in total. The van der Waals surface area contributed by atoms with Crippen LogP contribution >= 0.6 is 0 Å². The Hall–Kier alpha value is -1.07. The zero-order chi connectivity index (χ0) is 15.1. The molecule has 2 aliphatic rings. The minimum absolute atomic E-state index is 0.325. The Morgan fingerprint density at radius 2 is 1.76 bits per heavy atom. The van der Waals surface area contributed by atoms with E-state index < -0.39 is 0 Å². The molecule has 0 amide bonds. The predicted octanol–water partition coefficient (Wildman–Crippen LogP) is 2.74. The first-order chi connectivity index (χ1) is 9.87. The zero-order valence-corrected chi connectivity index (χ0v) is 13.5. The molecular formula is C16H25BN2O2. The smallest absolute Gasteiger partial charge is 0.398 e. The van der Waals surface area contributed by atoms with Crippen molar-refractivity contribution in [2.45, 2.75) is 70.6 Å². The molecule has 0 bridgehead atoms. The van der Waals surface area contributed by atoms with Gasteiger partial charge in [-0.2, -0.15) is 0 Å². The van der Waals surface area contributed by atoms with Crippen LogP contribution in [0.3, 0.4) is 0 Å². The highest BCUT2D eigenvalue weighted by Crippen LogP contribution is 2.36. The number of hydrogen-bond donors (Lipinski definition) is 1. The number of rotatable bonds is 3. The molecule has 3 rings (SSSR count). The highest BCUT2D eigenvalue weighted by Gasteiger charge is 2.52. The van der Waals surface area contributed by atoms with E-state index in [0.717, 1.165) is 11.3 Å². The molecule has 1 saturated carbocycles. The number of nitrogens with one attached hydrogen (secondary N) is 1. The molecular weight excluding hydrogens is 263 g/mol. The fourth-order valence-corrected chi connectivity index (χ4v) is 2.94. The van der Waals surface area contributed by atoms with Crippen molar-refractivity contribution in [1.29, 1.82) is 0 Å². The third-order valence-electron chi connectivity index (χ3n) is 5.00. The summed E-state index contributed by atoms with van der Waals surface area (Å²) < 4.78 is 12.1. The number of pyridine rings is 1. The maximum atomic E-state index is 6.06. The predicted molar refractivity (Wildman–Crippen MR) is 85.8 cm³/mol. The Bertz CT molecular complexity index is 497. The van der Waals surface area contributed by atoms with Gasteiger partial charge in [0, 0.05) is 17.9 Å². The maximum absolute atomic E-state index is 6.06. The second kappa shape index (κ2) is 5.29. The Morgan fingerprint density at radius 1 is 1.14 bits per heavy atom. The van der Waals surface area contributed by atoms with Crippen molar-refractivity contribution >= 4 is 18.4 Å². The number of aromatic nitrogens is 1. The lowest BCUT2D eigenvalue weighted by Crippen LogP contribution is -2.41. The molecule has 4 nitrogen and oxygen atoms in total. The lowest BCUT2D eigenvalue weighted by Gasteiger charge is -2.32. The Balaban J connectivity index is 1.74.